The third kappa shape index (κ3) is 1.14. The molecular weight excluding hydrogens is 137 g/mol. The van der Waals surface area contributed by atoms with Gasteiger partial charge in [-0.05, 0) is 6.42 Å². The molecule has 1 fully saturated rings. The molecule has 0 aliphatic heterocycles. The molecule has 10 heavy (non-hydrogen) atoms. The normalized spacial score (nSPS) is 48.0. The molecule has 3 nitrogen and oxygen atoms in total. The van der Waals surface area contributed by atoms with Crippen LogP contribution in [0.3, 0.4) is 0 Å². The summed E-state index contributed by atoms with van der Waals surface area (Å²) in [6, 6.07) is -0.604. The van der Waals surface area contributed by atoms with Crippen LogP contribution in [0.2, 0.25) is 0 Å². The average molecular weight is 149 g/mol. The zero-order valence-corrected chi connectivity index (χ0v) is 5.57. The highest BCUT2D eigenvalue weighted by Gasteiger charge is 2.40. The largest absolute Gasteiger partial charge is 0.396 e. The van der Waals surface area contributed by atoms with Crippen LogP contribution in [0.15, 0.2) is 0 Å². The predicted octanol–water partition coefficient (Wildman–Crippen LogP) is -0.975. The highest BCUT2D eigenvalue weighted by molar-refractivity contribution is 4.93. The van der Waals surface area contributed by atoms with Crippen molar-refractivity contribution in [3.05, 3.63) is 0 Å². The summed E-state index contributed by atoms with van der Waals surface area (Å²) >= 11 is 0. The van der Waals surface area contributed by atoms with Gasteiger partial charge in [-0.15, -0.1) is 0 Å². The zero-order chi connectivity index (χ0) is 7.72. The second-order valence-corrected chi connectivity index (χ2v) is 2.78. The van der Waals surface area contributed by atoms with Crippen LogP contribution in [-0.4, -0.2) is 35.1 Å². The number of rotatable bonds is 1. The van der Waals surface area contributed by atoms with Crippen LogP contribution in [0.5, 0.6) is 0 Å². The fourth-order valence-corrected chi connectivity index (χ4v) is 1.31. The predicted molar refractivity (Wildman–Crippen MR) is 34.1 cm³/mol. The van der Waals surface area contributed by atoms with Crippen molar-refractivity contribution in [3.63, 3.8) is 0 Å². The van der Waals surface area contributed by atoms with E-state index in [1.165, 1.54) is 0 Å². The lowest BCUT2D eigenvalue weighted by molar-refractivity contribution is 0.0436. The maximum Gasteiger partial charge on any atom is 0.141 e. The third-order valence-electron chi connectivity index (χ3n) is 2.03. The van der Waals surface area contributed by atoms with Crippen molar-refractivity contribution in [3.8, 4) is 0 Å². The molecule has 0 spiro atoms. The van der Waals surface area contributed by atoms with E-state index in [0.717, 1.165) is 0 Å². The highest BCUT2D eigenvalue weighted by atomic mass is 19.1. The monoisotopic (exact) mass is 149 g/mol. The molecular formula is C6H12FNO2. The van der Waals surface area contributed by atoms with Gasteiger partial charge in [-0.3, -0.25) is 0 Å². The van der Waals surface area contributed by atoms with Crippen molar-refractivity contribution in [1.29, 1.82) is 0 Å². The van der Waals surface area contributed by atoms with Crippen molar-refractivity contribution in [2.24, 2.45) is 11.7 Å². The van der Waals surface area contributed by atoms with Crippen LogP contribution in [0, 0.1) is 5.92 Å². The quantitative estimate of drug-likeness (QED) is 0.449. The molecule has 0 unspecified atom stereocenters. The second kappa shape index (κ2) is 2.82. The van der Waals surface area contributed by atoms with Gasteiger partial charge in [-0.2, -0.15) is 0 Å². The SMILES string of the molecule is N[C@H]1C[C@@H](CO)[C@H](O)[C@H]1F. The molecule has 0 aromatic rings. The second-order valence-electron chi connectivity index (χ2n) is 2.78. The Morgan fingerprint density at radius 1 is 1.60 bits per heavy atom. The molecule has 0 amide bonds. The Kier molecular flexibility index (Phi) is 2.23. The first-order valence-electron chi connectivity index (χ1n) is 3.35. The maximum atomic E-state index is 12.7. The third-order valence-corrected chi connectivity index (χ3v) is 2.03. The van der Waals surface area contributed by atoms with Crippen LogP contribution in [0.25, 0.3) is 0 Å². The molecule has 0 saturated heterocycles. The fraction of sp³-hybridized carbons (Fsp3) is 1.00. The summed E-state index contributed by atoms with van der Waals surface area (Å²) in [5, 5.41) is 17.6. The maximum absolute atomic E-state index is 12.7. The molecule has 4 heteroatoms. The minimum Gasteiger partial charge on any atom is -0.396 e. The Labute approximate surface area is 58.7 Å². The number of hydrogen-bond acceptors (Lipinski definition) is 3. The molecule has 0 aromatic carbocycles. The van der Waals surface area contributed by atoms with Crippen LogP contribution >= 0.6 is 0 Å². The van der Waals surface area contributed by atoms with E-state index in [1.807, 2.05) is 0 Å². The van der Waals surface area contributed by atoms with E-state index in [4.69, 9.17) is 15.9 Å². The van der Waals surface area contributed by atoms with E-state index in [9.17, 15) is 4.39 Å². The van der Waals surface area contributed by atoms with Crippen LogP contribution in [-0.2, 0) is 0 Å². The van der Waals surface area contributed by atoms with E-state index >= 15 is 0 Å². The lowest BCUT2D eigenvalue weighted by Crippen LogP contribution is -2.32. The first-order chi connectivity index (χ1) is 4.66. The molecule has 0 heterocycles. The summed E-state index contributed by atoms with van der Waals surface area (Å²) in [5.74, 6) is -0.370. The number of nitrogens with two attached hydrogens (primary N) is 1. The lowest BCUT2D eigenvalue weighted by atomic mass is 10.1. The Hall–Kier alpha value is -0.190. The zero-order valence-electron chi connectivity index (χ0n) is 5.57. The van der Waals surface area contributed by atoms with Crippen LogP contribution < -0.4 is 5.73 Å². The molecule has 4 N–H and O–H groups in total. The van der Waals surface area contributed by atoms with Gasteiger partial charge in [0.25, 0.3) is 0 Å². The number of halogens is 1. The van der Waals surface area contributed by atoms with E-state index in [-0.39, 0.29) is 12.5 Å². The van der Waals surface area contributed by atoms with E-state index < -0.39 is 18.3 Å². The van der Waals surface area contributed by atoms with Gasteiger partial charge in [0, 0.05) is 18.6 Å². The standard InChI is InChI=1S/C6H12FNO2/c7-5-4(8)1-3(2-9)6(5)10/h3-6,9-10H,1-2,8H2/t3-,4-,5-,6-/m0/s1. The Balaban J connectivity index is 2.53. The van der Waals surface area contributed by atoms with Gasteiger partial charge >= 0.3 is 0 Å². The molecule has 0 radical (unpaired) electrons. The summed E-state index contributed by atoms with van der Waals surface area (Å²) < 4.78 is 12.7. The van der Waals surface area contributed by atoms with Gasteiger partial charge in [0.1, 0.15) is 6.17 Å². The molecule has 1 aliphatic carbocycles. The smallest absolute Gasteiger partial charge is 0.141 e. The van der Waals surface area contributed by atoms with Crippen molar-refractivity contribution < 1.29 is 14.6 Å². The topological polar surface area (TPSA) is 66.5 Å². The molecule has 0 bridgehead atoms. The Morgan fingerprint density at radius 3 is 2.40 bits per heavy atom. The molecule has 1 rings (SSSR count). The summed E-state index contributed by atoms with van der Waals surface area (Å²) in [6.45, 7) is -0.185. The van der Waals surface area contributed by atoms with Gasteiger partial charge in [-0.25, -0.2) is 4.39 Å². The van der Waals surface area contributed by atoms with Crippen LogP contribution in [0.1, 0.15) is 6.42 Å². The van der Waals surface area contributed by atoms with Crippen LogP contribution in [0.4, 0.5) is 4.39 Å². The van der Waals surface area contributed by atoms with Crippen molar-refractivity contribution in [2.45, 2.75) is 24.7 Å². The molecule has 1 aliphatic rings. The average Bonchev–Trinajstić information content (AvgIpc) is 2.17. The van der Waals surface area contributed by atoms with Gasteiger partial charge in [-0.1, -0.05) is 0 Å². The fourth-order valence-electron chi connectivity index (χ4n) is 1.31. The summed E-state index contributed by atoms with van der Waals surface area (Å²) in [6.07, 6.45) is -2.06. The Morgan fingerprint density at radius 2 is 2.20 bits per heavy atom. The summed E-state index contributed by atoms with van der Waals surface area (Å²) in [5.41, 5.74) is 5.29. The Bertz CT molecular complexity index is 122. The van der Waals surface area contributed by atoms with Crippen molar-refractivity contribution in [1.82, 2.24) is 0 Å². The number of aliphatic hydroxyl groups excluding tert-OH is 2. The van der Waals surface area contributed by atoms with E-state index in [2.05, 4.69) is 0 Å². The number of alkyl halides is 1. The summed E-state index contributed by atoms with van der Waals surface area (Å²) in [7, 11) is 0. The first-order valence-corrected chi connectivity index (χ1v) is 3.35. The van der Waals surface area contributed by atoms with E-state index in [0.29, 0.717) is 6.42 Å². The highest BCUT2D eigenvalue weighted by Crippen LogP contribution is 2.26. The van der Waals surface area contributed by atoms with Gasteiger partial charge in [0.05, 0.1) is 6.10 Å². The molecule has 1 saturated carbocycles. The number of hydrogen-bond donors (Lipinski definition) is 3. The minimum absolute atomic E-state index is 0.185. The number of aliphatic hydroxyl groups is 2. The first kappa shape index (κ1) is 7.91. The summed E-state index contributed by atoms with van der Waals surface area (Å²) in [4.78, 5) is 0. The van der Waals surface area contributed by atoms with Gasteiger partial charge in [0.2, 0.25) is 0 Å². The van der Waals surface area contributed by atoms with Crippen molar-refractivity contribution >= 4 is 0 Å². The van der Waals surface area contributed by atoms with Gasteiger partial charge in [0.15, 0.2) is 0 Å². The van der Waals surface area contributed by atoms with E-state index in [1.54, 1.807) is 0 Å². The lowest BCUT2D eigenvalue weighted by Gasteiger charge is -2.11. The molecule has 60 valence electrons. The van der Waals surface area contributed by atoms with Crippen molar-refractivity contribution in [2.75, 3.05) is 6.61 Å². The minimum atomic E-state index is -1.36. The molecule has 0 aromatic heterocycles. The van der Waals surface area contributed by atoms with Gasteiger partial charge < -0.3 is 15.9 Å². The molecule has 4 atom stereocenters.